The minimum Gasteiger partial charge on any atom is -0.390 e. The van der Waals surface area contributed by atoms with E-state index >= 15 is 0 Å². The molecule has 0 spiro atoms. The molecule has 0 unspecified atom stereocenters. The van der Waals surface area contributed by atoms with Crippen LogP contribution in [0, 0.1) is 5.92 Å². The third-order valence-corrected chi connectivity index (χ3v) is 5.40. The Bertz CT molecular complexity index is 444. The average Bonchev–Trinajstić information content (AvgIpc) is 3.05. The predicted octanol–water partition coefficient (Wildman–Crippen LogP) is 1.23. The van der Waals surface area contributed by atoms with Crippen LogP contribution in [0.4, 0.5) is 0 Å². The van der Waals surface area contributed by atoms with Crippen molar-refractivity contribution in [3.8, 4) is 0 Å². The summed E-state index contributed by atoms with van der Waals surface area (Å²) in [6.07, 6.45) is 9.37. The highest BCUT2D eigenvalue weighted by Gasteiger charge is 2.26. The number of hydrogen-bond donors (Lipinski definition) is 1. The van der Waals surface area contributed by atoms with E-state index in [9.17, 15) is 5.11 Å². The first-order chi connectivity index (χ1) is 11.2. The third-order valence-electron chi connectivity index (χ3n) is 5.40. The van der Waals surface area contributed by atoms with Gasteiger partial charge in [-0.1, -0.05) is 13.3 Å². The molecule has 2 atom stereocenters. The van der Waals surface area contributed by atoms with E-state index in [1.54, 1.807) is 12.7 Å². The standard InChI is InChI=1S/C17H31N5O/c1-15-5-8-20(9-6-15)11-17(23)12-21-7-3-2-4-16(21)10-22-14-18-13-19-22/h13-17,23H,2-12H2,1H3/t16-,17-/m1/s1. The fourth-order valence-corrected chi connectivity index (χ4v) is 3.92. The van der Waals surface area contributed by atoms with E-state index in [1.165, 1.54) is 32.1 Å². The van der Waals surface area contributed by atoms with Crippen molar-refractivity contribution >= 4 is 0 Å². The third kappa shape index (κ3) is 4.99. The van der Waals surface area contributed by atoms with Crippen LogP contribution in [0.15, 0.2) is 12.7 Å². The van der Waals surface area contributed by atoms with Gasteiger partial charge < -0.3 is 10.0 Å². The van der Waals surface area contributed by atoms with E-state index in [-0.39, 0.29) is 6.10 Å². The molecule has 2 saturated heterocycles. The minimum atomic E-state index is -0.250. The molecule has 1 aromatic rings. The van der Waals surface area contributed by atoms with Crippen LogP contribution in [-0.4, -0.2) is 74.5 Å². The summed E-state index contributed by atoms with van der Waals surface area (Å²) in [7, 11) is 0. The van der Waals surface area contributed by atoms with Crippen molar-refractivity contribution in [2.45, 2.75) is 57.7 Å². The molecule has 2 aliphatic heterocycles. The number of piperidine rings is 2. The maximum Gasteiger partial charge on any atom is 0.137 e. The summed E-state index contributed by atoms with van der Waals surface area (Å²) in [5.74, 6) is 0.845. The molecule has 2 fully saturated rings. The van der Waals surface area contributed by atoms with Crippen LogP contribution in [0.5, 0.6) is 0 Å². The van der Waals surface area contributed by atoms with Crippen molar-refractivity contribution < 1.29 is 5.11 Å². The number of rotatable bonds is 6. The van der Waals surface area contributed by atoms with Gasteiger partial charge in [0.25, 0.3) is 0 Å². The van der Waals surface area contributed by atoms with Crippen molar-refractivity contribution in [3.63, 3.8) is 0 Å². The van der Waals surface area contributed by atoms with Gasteiger partial charge in [-0.25, -0.2) is 4.98 Å². The zero-order valence-electron chi connectivity index (χ0n) is 14.3. The molecule has 23 heavy (non-hydrogen) atoms. The Labute approximate surface area is 139 Å². The molecular weight excluding hydrogens is 290 g/mol. The van der Waals surface area contributed by atoms with Crippen LogP contribution in [0.25, 0.3) is 0 Å². The Morgan fingerprint density at radius 3 is 2.70 bits per heavy atom. The second-order valence-corrected chi connectivity index (χ2v) is 7.40. The van der Waals surface area contributed by atoms with Crippen LogP contribution in [0.3, 0.4) is 0 Å². The molecule has 3 heterocycles. The van der Waals surface area contributed by atoms with Gasteiger partial charge in [-0.05, 0) is 51.2 Å². The number of aliphatic hydroxyl groups excluding tert-OH is 1. The zero-order valence-corrected chi connectivity index (χ0v) is 14.3. The van der Waals surface area contributed by atoms with Gasteiger partial charge in [0.15, 0.2) is 0 Å². The van der Waals surface area contributed by atoms with E-state index in [2.05, 4.69) is 26.8 Å². The van der Waals surface area contributed by atoms with Crippen molar-refractivity contribution in [1.29, 1.82) is 0 Å². The van der Waals surface area contributed by atoms with Crippen molar-refractivity contribution in [3.05, 3.63) is 12.7 Å². The van der Waals surface area contributed by atoms with Crippen LogP contribution >= 0.6 is 0 Å². The topological polar surface area (TPSA) is 57.4 Å². The lowest BCUT2D eigenvalue weighted by Crippen LogP contribution is -2.49. The molecule has 0 aromatic carbocycles. The maximum absolute atomic E-state index is 10.5. The number of aliphatic hydroxyl groups is 1. The van der Waals surface area contributed by atoms with E-state index in [4.69, 9.17) is 0 Å². The normalized spacial score (nSPS) is 26.4. The van der Waals surface area contributed by atoms with Gasteiger partial charge in [-0.2, -0.15) is 5.10 Å². The van der Waals surface area contributed by atoms with Gasteiger partial charge in [0.1, 0.15) is 12.7 Å². The Hall–Kier alpha value is -0.980. The first-order valence-electron chi connectivity index (χ1n) is 9.17. The van der Waals surface area contributed by atoms with Crippen LogP contribution in [0.1, 0.15) is 39.0 Å². The molecule has 0 saturated carbocycles. The van der Waals surface area contributed by atoms with Crippen molar-refractivity contribution in [2.75, 3.05) is 32.7 Å². The summed E-state index contributed by atoms with van der Waals surface area (Å²) in [4.78, 5) is 8.93. The smallest absolute Gasteiger partial charge is 0.137 e. The quantitative estimate of drug-likeness (QED) is 0.854. The molecule has 0 aliphatic carbocycles. The minimum absolute atomic E-state index is 0.250. The van der Waals surface area contributed by atoms with Gasteiger partial charge in [-0.15, -0.1) is 0 Å². The van der Waals surface area contributed by atoms with Gasteiger partial charge in [-0.3, -0.25) is 9.58 Å². The van der Waals surface area contributed by atoms with Crippen LogP contribution in [0.2, 0.25) is 0 Å². The fourth-order valence-electron chi connectivity index (χ4n) is 3.92. The molecule has 1 aromatic heterocycles. The van der Waals surface area contributed by atoms with Crippen molar-refractivity contribution in [1.82, 2.24) is 24.6 Å². The first-order valence-corrected chi connectivity index (χ1v) is 9.17. The number of nitrogens with zero attached hydrogens (tertiary/aromatic N) is 5. The Morgan fingerprint density at radius 2 is 1.96 bits per heavy atom. The summed E-state index contributed by atoms with van der Waals surface area (Å²) in [6, 6.07) is 0.474. The number of β-amino-alcohol motifs (C(OH)–C–C–N with tert-alkyl or cyclic N) is 1. The molecule has 0 amide bonds. The van der Waals surface area contributed by atoms with E-state index in [0.717, 1.165) is 45.2 Å². The summed E-state index contributed by atoms with van der Waals surface area (Å²) in [5, 5.41) is 14.8. The van der Waals surface area contributed by atoms with Crippen molar-refractivity contribution in [2.24, 2.45) is 5.92 Å². The molecule has 2 aliphatic rings. The molecule has 130 valence electrons. The van der Waals surface area contributed by atoms with Gasteiger partial charge >= 0.3 is 0 Å². The zero-order chi connectivity index (χ0) is 16.1. The van der Waals surface area contributed by atoms with E-state index in [1.807, 2.05) is 4.68 Å². The molecule has 6 heteroatoms. The first kappa shape index (κ1) is 16.9. The predicted molar refractivity (Wildman–Crippen MR) is 90.1 cm³/mol. The lowest BCUT2D eigenvalue weighted by molar-refractivity contribution is 0.0322. The molecule has 0 bridgehead atoms. The molecule has 1 N–H and O–H groups in total. The Morgan fingerprint density at radius 1 is 1.13 bits per heavy atom. The van der Waals surface area contributed by atoms with E-state index in [0.29, 0.717) is 6.04 Å². The molecule has 6 nitrogen and oxygen atoms in total. The lowest BCUT2D eigenvalue weighted by atomic mass is 9.98. The SMILES string of the molecule is CC1CCN(C[C@@H](O)CN2CCCC[C@@H]2Cn2cncn2)CC1. The molecule has 0 radical (unpaired) electrons. The summed E-state index contributed by atoms with van der Waals surface area (Å²) >= 11 is 0. The second kappa shape index (κ2) is 8.22. The Kier molecular flexibility index (Phi) is 6.02. The number of likely N-dealkylation sites (tertiary alicyclic amines) is 2. The van der Waals surface area contributed by atoms with E-state index < -0.39 is 0 Å². The summed E-state index contributed by atoms with van der Waals surface area (Å²) in [6.45, 7) is 8.18. The summed E-state index contributed by atoms with van der Waals surface area (Å²) < 4.78 is 1.92. The maximum atomic E-state index is 10.5. The lowest BCUT2D eigenvalue weighted by Gasteiger charge is -2.38. The second-order valence-electron chi connectivity index (χ2n) is 7.40. The Balaban J connectivity index is 1.48. The number of aromatic nitrogens is 3. The average molecular weight is 321 g/mol. The highest BCUT2D eigenvalue weighted by molar-refractivity contribution is 4.81. The molecular formula is C17H31N5O. The highest BCUT2D eigenvalue weighted by atomic mass is 16.3. The highest BCUT2D eigenvalue weighted by Crippen LogP contribution is 2.20. The van der Waals surface area contributed by atoms with Gasteiger partial charge in [0.05, 0.1) is 12.6 Å². The fraction of sp³-hybridized carbons (Fsp3) is 0.882. The van der Waals surface area contributed by atoms with Crippen LogP contribution in [-0.2, 0) is 6.54 Å². The number of hydrogen-bond acceptors (Lipinski definition) is 5. The van der Waals surface area contributed by atoms with Gasteiger partial charge in [0.2, 0.25) is 0 Å². The summed E-state index contributed by atoms with van der Waals surface area (Å²) in [5.41, 5.74) is 0. The largest absolute Gasteiger partial charge is 0.390 e. The molecule has 3 rings (SSSR count). The monoisotopic (exact) mass is 321 g/mol. The van der Waals surface area contributed by atoms with Crippen LogP contribution < -0.4 is 0 Å². The van der Waals surface area contributed by atoms with Gasteiger partial charge in [0, 0.05) is 19.1 Å².